The Morgan fingerprint density at radius 2 is 2.12 bits per heavy atom. The van der Waals surface area contributed by atoms with Crippen LogP contribution in [-0.4, -0.2) is 27.3 Å². The SMILES string of the molecule is O=C(Nc1ccn(Cc2ccccc2)n1)N1CCC[C@@H]1c1ccsc1. The van der Waals surface area contributed by atoms with Gasteiger partial charge in [-0.3, -0.25) is 10.00 Å². The lowest BCUT2D eigenvalue weighted by molar-refractivity contribution is 0.207. The van der Waals surface area contributed by atoms with Crippen LogP contribution < -0.4 is 5.32 Å². The number of carbonyl (C=O) groups is 1. The molecule has 1 saturated heterocycles. The predicted octanol–water partition coefficient (Wildman–Crippen LogP) is 4.36. The number of carbonyl (C=O) groups excluding carboxylic acids is 1. The van der Waals surface area contributed by atoms with Crippen molar-refractivity contribution in [3.8, 4) is 0 Å². The third-order valence-electron chi connectivity index (χ3n) is 4.50. The number of nitrogens with zero attached hydrogens (tertiary/aromatic N) is 3. The lowest BCUT2D eigenvalue weighted by Crippen LogP contribution is -2.34. The molecule has 128 valence electrons. The molecule has 1 aliphatic heterocycles. The smallest absolute Gasteiger partial charge is 0.317 e. The van der Waals surface area contributed by atoms with E-state index in [0.717, 1.165) is 19.4 Å². The van der Waals surface area contributed by atoms with Crippen molar-refractivity contribution in [2.45, 2.75) is 25.4 Å². The molecule has 0 spiro atoms. The molecule has 6 heteroatoms. The maximum atomic E-state index is 12.7. The summed E-state index contributed by atoms with van der Waals surface area (Å²) in [5.41, 5.74) is 2.41. The van der Waals surface area contributed by atoms with E-state index in [0.29, 0.717) is 12.4 Å². The highest BCUT2D eigenvalue weighted by Gasteiger charge is 2.30. The highest BCUT2D eigenvalue weighted by Crippen LogP contribution is 2.33. The Hall–Kier alpha value is -2.60. The molecular formula is C19H20N4OS. The summed E-state index contributed by atoms with van der Waals surface area (Å²) in [6.45, 7) is 1.48. The van der Waals surface area contributed by atoms with E-state index in [1.165, 1.54) is 11.1 Å². The number of amides is 2. The van der Waals surface area contributed by atoms with E-state index in [1.54, 1.807) is 11.3 Å². The number of rotatable bonds is 4. The van der Waals surface area contributed by atoms with Crippen molar-refractivity contribution in [1.82, 2.24) is 14.7 Å². The molecule has 4 rings (SSSR count). The number of thiophene rings is 1. The summed E-state index contributed by atoms with van der Waals surface area (Å²) in [4.78, 5) is 14.6. The number of nitrogens with one attached hydrogen (secondary N) is 1. The molecule has 0 bridgehead atoms. The first kappa shape index (κ1) is 15.9. The number of hydrogen-bond donors (Lipinski definition) is 1. The standard InChI is InChI=1S/C19H20N4OS/c24-19(23-10-4-7-17(23)16-9-12-25-14-16)20-18-8-11-22(21-18)13-15-5-2-1-3-6-15/h1-3,5-6,8-9,11-12,14,17H,4,7,10,13H2,(H,20,21,24)/t17-/m1/s1. The molecule has 3 heterocycles. The van der Waals surface area contributed by atoms with Crippen LogP contribution >= 0.6 is 11.3 Å². The first-order chi connectivity index (χ1) is 12.3. The lowest BCUT2D eigenvalue weighted by atomic mass is 10.1. The number of urea groups is 1. The monoisotopic (exact) mass is 352 g/mol. The summed E-state index contributed by atoms with van der Waals surface area (Å²) < 4.78 is 1.84. The number of benzene rings is 1. The van der Waals surface area contributed by atoms with Crippen LogP contribution in [0, 0.1) is 0 Å². The summed E-state index contributed by atoms with van der Waals surface area (Å²) in [5.74, 6) is 0.594. The normalized spacial score (nSPS) is 17.0. The molecule has 2 amide bonds. The minimum atomic E-state index is -0.0707. The molecule has 0 radical (unpaired) electrons. The minimum absolute atomic E-state index is 0.0707. The van der Waals surface area contributed by atoms with Gasteiger partial charge in [0, 0.05) is 18.8 Å². The first-order valence-electron chi connectivity index (χ1n) is 8.47. The topological polar surface area (TPSA) is 50.2 Å². The summed E-state index contributed by atoms with van der Waals surface area (Å²) in [6.07, 6.45) is 3.95. The highest BCUT2D eigenvalue weighted by molar-refractivity contribution is 7.08. The lowest BCUT2D eigenvalue weighted by Gasteiger charge is -2.24. The van der Waals surface area contributed by atoms with Gasteiger partial charge in [-0.2, -0.15) is 16.4 Å². The van der Waals surface area contributed by atoms with Gasteiger partial charge in [0.2, 0.25) is 0 Å². The van der Waals surface area contributed by atoms with Crippen LogP contribution in [0.15, 0.2) is 59.4 Å². The van der Waals surface area contributed by atoms with Crippen molar-refractivity contribution < 1.29 is 4.79 Å². The van der Waals surface area contributed by atoms with E-state index in [-0.39, 0.29) is 12.1 Å². The van der Waals surface area contributed by atoms with Gasteiger partial charge in [0.15, 0.2) is 5.82 Å². The van der Waals surface area contributed by atoms with E-state index >= 15 is 0 Å². The van der Waals surface area contributed by atoms with Crippen LogP contribution in [0.3, 0.4) is 0 Å². The van der Waals surface area contributed by atoms with Gasteiger partial charge in [-0.15, -0.1) is 0 Å². The van der Waals surface area contributed by atoms with Crippen LogP contribution in [0.4, 0.5) is 10.6 Å². The number of anilines is 1. The molecule has 1 aromatic carbocycles. The van der Waals surface area contributed by atoms with Crippen molar-refractivity contribution in [3.05, 3.63) is 70.5 Å². The fourth-order valence-electron chi connectivity index (χ4n) is 3.29. The quantitative estimate of drug-likeness (QED) is 0.758. The van der Waals surface area contributed by atoms with Gasteiger partial charge < -0.3 is 4.90 Å². The number of likely N-dealkylation sites (tertiary alicyclic amines) is 1. The Labute approximate surface area is 150 Å². The van der Waals surface area contributed by atoms with E-state index in [1.807, 2.05) is 40.0 Å². The zero-order valence-electron chi connectivity index (χ0n) is 13.8. The van der Waals surface area contributed by atoms with Gasteiger partial charge >= 0.3 is 6.03 Å². The van der Waals surface area contributed by atoms with Crippen molar-refractivity contribution in [2.24, 2.45) is 0 Å². The van der Waals surface area contributed by atoms with Gasteiger partial charge in [-0.1, -0.05) is 30.3 Å². The Kier molecular flexibility index (Phi) is 4.52. The number of hydrogen-bond acceptors (Lipinski definition) is 3. The molecule has 2 aromatic heterocycles. The second-order valence-electron chi connectivity index (χ2n) is 6.22. The average molecular weight is 352 g/mol. The van der Waals surface area contributed by atoms with Gasteiger partial charge in [0.05, 0.1) is 12.6 Å². The maximum absolute atomic E-state index is 12.7. The molecule has 0 aliphatic carbocycles. The maximum Gasteiger partial charge on any atom is 0.323 e. The van der Waals surface area contributed by atoms with Crippen LogP contribution in [0.2, 0.25) is 0 Å². The van der Waals surface area contributed by atoms with Crippen LogP contribution in [0.25, 0.3) is 0 Å². The van der Waals surface area contributed by atoms with Crippen molar-refractivity contribution >= 4 is 23.2 Å². The molecule has 0 unspecified atom stereocenters. The molecular weight excluding hydrogens is 332 g/mol. The molecule has 1 aliphatic rings. The fraction of sp³-hybridized carbons (Fsp3) is 0.263. The zero-order chi connectivity index (χ0) is 17.1. The summed E-state index contributed by atoms with van der Waals surface area (Å²) in [6, 6.07) is 14.2. The summed E-state index contributed by atoms with van der Waals surface area (Å²) in [5, 5.41) is 11.6. The van der Waals surface area contributed by atoms with E-state index in [9.17, 15) is 4.79 Å². The molecule has 1 N–H and O–H groups in total. The third-order valence-corrected chi connectivity index (χ3v) is 5.21. The van der Waals surface area contributed by atoms with E-state index in [2.05, 4.69) is 39.4 Å². The van der Waals surface area contributed by atoms with Crippen LogP contribution in [-0.2, 0) is 6.54 Å². The Balaban J connectivity index is 1.41. The second kappa shape index (κ2) is 7.11. The van der Waals surface area contributed by atoms with Gasteiger partial charge in [0.25, 0.3) is 0 Å². The number of aromatic nitrogens is 2. The van der Waals surface area contributed by atoms with Crippen molar-refractivity contribution in [2.75, 3.05) is 11.9 Å². The zero-order valence-corrected chi connectivity index (χ0v) is 14.7. The van der Waals surface area contributed by atoms with Crippen LogP contribution in [0.5, 0.6) is 0 Å². The molecule has 1 atom stereocenters. The minimum Gasteiger partial charge on any atom is -0.317 e. The summed E-state index contributed by atoms with van der Waals surface area (Å²) >= 11 is 1.67. The molecule has 25 heavy (non-hydrogen) atoms. The van der Waals surface area contributed by atoms with E-state index < -0.39 is 0 Å². The predicted molar refractivity (Wildman–Crippen MR) is 99.8 cm³/mol. The molecule has 1 fully saturated rings. The van der Waals surface area contributed by atoms with Crippen LogP contribution in [0.1, 0.15) is 30.0 Å². The molecule has 0 saturated carbocycles. The second-order valence-corrected chi connectivity index (χ2v) is 7.00. The average Bonchev–Trinajstić information content (AvgIpc) is 3.37. The Bertz CT molecular complexity index is 828. The molecule has 5 nitrogen and oxygen atoms in total. The molecule has 3 aromatic rings. The first-order valence-corrected chi connectivity index (χ1v) is 9.41. The van der Waals surface area contributed by atoms with Crippen molar-refractivity contribution in [3.63, 3.8) is 0 Å². The van der Waals surface area contributed by atoms with Gasteiger partial charge in [-0.05, 0) is 40.8 Å². The Morgan fingerprint density at radius 3 is 2.92 bits per heavy atom. The highest BCUT2D eigenvalue weighted by atomic mass is 32.1. The largest absolute Gasteiger partial charge is 0.323 e. The van der Waals surface area contributed by atoms with Gasteiger partial charge in [0.1, 0.15) is 0 Å². The Morgan fingerprint density at radius 1 is 1.24 bits per heavy atom. The van der Waals surface area contributed by atoms with E-state index in [4.69, 9.17) is 0 Å². The fourth-order valence-corrected chi connectivity index (χ4v) is 4.00. The van der Waals surface area contributed by atoms with Gasteiger partial charge in [-0.25, -0.2) is 4.79 Å². The third kappa shape index (κ3) is 3.58. The van der Waals surface area contributed by atoms with Crippen molar-refractivity contribution in [1.29, 1.82) is 0 Å². The summed E-state index contributed by atoms with van der Waals surface area (Å²) in [7, 11) is 0.